The number of rotatable bonds is 6. The summed E-state index contributed by atoms with van der Waals surface area (Å²) in [4.78, 5) is 14.1. The Hall–Kier alpha value is -0.650. The number of hydrogen-bond donors (Lipinski definition) is 2. The Balaban J connectivity index is 1.95. The zero-order chi connectivity index (χ0) is 14.6. The highest BCUT2D eigenvalue weighted by Gasteiger charge is 2.46. The van der Waals surface area contributed by atoms with E-state index < -0.39 is 11.5 Å². The van der Waals surface area contributed by atoms with Gasteiger partial charge in [-0.05, 0) is 51.1 Å². The topological polar surface area (TPSA) is 61.8 Å². The standard InChI is InChI=1S/C15H28N2O3/c1-3-16-15(14(18)19)7-6-13(9-15)17-8-4-5-12(10-17)11-20-2/h12-13,16H,3-11H2,1-2H3,(H,18,19). The van der Waals surface area contributed by atoms with Crippen molar-refractivity contribution in [3.05, 3.63) is 0 Å². The lowest BCUT2D eigenvalue weighted by molar-refractivity contribution is -0.144. The maximum Gasteiger partial charge on any atom is 0.323 e. The Labute approximate surface area is 121 Å². The van der Waals surface area contributed by atoms with E-state index in [1.165, 1.54) is 12.8 Å². The summed E-state index contributed by atoms with van der Waals surface area (Å²) in [6.07, 6.45) is 4.89. The molecule has 5 heteroatoms. The lowest BCUT2D eigenvalue weighted by atomic mass is 9.95. The quantitative estimate of drug-likeness (QED) is 0.770. The molecule has 2 fully saturated rings. The van der Waals surface area contributed by atoms with E-state index in [2.05, 4.69) is 10.2 Å². The van der Waals surface area contributed by atoms with E-state index in [9.17, 15) is 9.90 Å². The van der Waals surface area contributed by atoms with E-state index in [0.717, 1.165) is 39.0 Å². The van der Waals surface area contributed by atoms with E-state index in [1.807, 2.05) is 6.92 Å². The molecule has 0 aromatic heterocycles. The average molecular weight is 284 g/mol. The highest BCUT2D eigenvalue weighted by Crippen LogP contribution is 2.35. The first-order valence-corrected chi connectivity index (χ1v) is 7.82. The smallest absolute Gasteiger partial charge is 0.323 e. The van der Waals surface area contributed by atoms with Gasteiger partial charge >= 0.3 is 5.97 Å². The molecule has 0 aromatic rings. The van der Waals surface area contributed by atoms with Crippen molar-refractivity contribution < 1.29 is 14.6 Å². The van der Waals surface area contributed by atoms with Crippen LogP contribution >= 0.6 is 0 Å². The zero-order valence-corrected chi connectivity index (χ0v) is 12.7. The minimum atomic E-state index is -0.701. The lowest BCUT2D eigenvalue weighted by Gasteiger charge is -2.37. The van der Waals surface area contributed by atoms with Crippen molar-refractivity contribution in [3.63, 3.8) is 0 Å². The maximum absolute atomic E-state index is 11.6. The molecule has 0 aromatic carbocycles. The Morgan fingerprint density at radius 3 is 2.95 bits per heavy atom. The number of piperidine rings is 1. The van der Waals surface area contributed by atoms with E-state index in [-0.39, 0.29) is 0 Å². The van der Waals surface area contributed by atoms with Crippen molar-refractivity contribution in [2.24, 2.45) is 5.92 Å². The zero-order valence-electron chi connectivity index (χ0n) is 12.7. The molecule has 0 spiro atoms. The molecule has 2 aliphatic rings. The van der Waals surface area contributed by atoms with Crippen LogP contribution in [0.4, 0.5) is 0 Å². The van der Waals surface area contributed by atoms with E-state index in [1.54, 1.807) is 7.11 Å². The maximum atomic E-state index is 11.6. The molecule has 1 heterocycles. The van der Waals surface area contributed by atoms with Gasteiger partial charge in [-0.3, -0.25) is 9.69 Å². The number of carboxylic acids is 1. The van der Waals surface area contributed by atoms with E-state index in [4.69, 9.17) is 4.74 Å². The van der Waals surface area contributed by atoms with Crippen LogP contribution in [0.15, 0.2) is 0 Å². The third-order valence-electron chi connectivity index (χ3n) is 4.88. The van der Waals surface area contributed by atoms with Gasteiger partial charge in [-0.2, -0.15) is 0 Å². The fourth-order valence-corrected chi connectivity index (χ4v) is 3.90. The van der Waals surface area contributed by atoms with Crippen LogP contribution in [0.3, 0.4) is 0 Å². The minimum Gasteiger partial charge on any atom is -0.480 e. The van der Waals surface area contributed by atoms with Crippen LogP contribution < -0.4 is 5.32 Å². The van der Waals surface area contributed by atoms with Gasteiger partial charge in [-0.25, -0.2) is 0 Å². The van der Waals surface area contributed by atoms with Crippen LogP contribution in [0.5, 0.6) is 0 Å². The Kier molecular flexibility index (Phi) is 5.41. The number of aliphatic carboxylic acids is 1. The molecule has 0 bridgehead atoms. The molecule has 0 amide bonds. The Morgan fingerprint density at radius 2 is 2.30 bits per heavy atom. The van der Waals surface area contributed by atoms with Gasteiger partial charge < -0.3 is 15.2 Å². The highest BCUT2D eigenvalue weighted by atomic mass is 16.5. The molecule has 20 heavy (non-hydrogen) atoms. The number of carboxylic acid groups (broad SMARTS) is 1. The second-order valence-electron chi connectivity index (χ2n) is 6.27. The van der Waals surface area contributed by atoms with Crippen molar-refractivity contribution in [1.29, 1.82) is 0 Å². The summed E-state index contributed by atoms with van der Waals surface area (Å²) in [6, 6.07) is 0.407. The molecule has 1 aliphatic carbocycles. The van der Waals surface area contributed by atoms with Crippen LogP contribution in [-0.4, -0.2) is 60.9 Å². The summed E-state index contributed by atoms with van der Waals surface area (Å²) in [5.74, 6) is -0.0833. The van der Waals surface area contributed by atoms with Crippen molar-refractivity contribution in [1.82, 2.24) is 10.2 Å². The summed E-state index contributed by atoms with van der Waals surface area (Å²) in [5, 5.41) is 12.8. The Bertz CT molecular complexity index is 335. The summed E-state index contributed by atoms with van der Waals surface area (Å²) < 4.78 is 5.28. The van der Waals surface area contributed by atoms with Crippen LogP contribution in [0.1, 0.15) is 39.0 Å². The third-order valence-corrected chi connectivity index (χ3v) is 4.88. The van der Waals surface area contributed by atoms with Crippen LogP contribution in [0, 0.1) is 5.92 Å². The first kappa shape index (κ1) is 15.7. The van der Waals surface area contributed by atoms with Gasteiger partial charge in [0.25, 0.3) is 0 Å². The Morgan fingerprint density at radius 1 is 1.50 bits per heavy atom. The average Bonchev–Trinajstić information content (AvgIpc) is 2.86. The van der Waals surface area contributed by atoms with Gasteiger partial charge in [0, 0.05) is 19.7 Å². The summed E-state index contributed by atoms with van der Waals surface area (Å²) >= 11 is 0. The SMILES string of the molecule is CCNC1(C(=O)O)CCC(N2CCCC(COC)C2)C1. The molecule has 5 nitrogen and oxygen atoms in total. The number of likely N-dealkylation sites (N-methyl/N-ethyl adjacent to an activating group) is 1. The minimum absolute atomic E-state index is 0.407. The molecule has 2 N–H and O–H groups in total. The van der Waals surface area contributed by atoms with E-state index in [0.29, 0.717) is 18.5 Å². The second kappa shape index (κ2) is 6.87. The predicted octanol–water partition coefficient (Wildman–Crippen LogP) is 1.33. The van der Waals surface area contributed by atoms with Crippen molar-refractivity contribution >= 4 is 5.97 Å². The molecule has 1 aliphatic heterocycles. The fraction of sp³-hybridized carbons (Fsp3) is 0.933. The number of hydrogen-bond acceptors (Lipinski definition) is 4. The lowest BCUT2D eigenvalue weighted by Crippen LogP contribution is -2.52. The van der Waals surface area contributed by atoms with E-state index >= 15 is 0 Å². The van der Waals surface area contributed by atoms with Crippen molar-refractivity contribution in [2.75, 3.05) is 33.4 Å². The third kappa shape index (κ3) is 3.32. The number of likely N-dealkylation sites (tertiary alicyclic amines) is 1. The molecule has 2 rings (SSSR count). The molecule has 0 radical (unpaired) electrons. The number of nitrogens with zero attached hydrogens (tertiary/aromatic N) is 1. The molecular formula is C15H28N2O3. The van der Waals surface area contributed by atoms with Gasteiger partial charge in [-0.1, -0.05) is 6.92 Å². The van der Waals surface area contributed by atoms with Crippen molar-refractivity contribution in [2.45, 2.75) is 50.6 Å². The summed E-state index contributed by atoms with van der Waals surface area (Å²) in [6.45, 7) is 5.67. The molecular weight excluding hydrogens is 256 g/mol. The first-order chi connectivity index (χ1) is 9.61. The summed E-state index contributed by atoms with van der Waals surface area (Å²) in [5.41, 5.74) is -0.701. The van der Waals surface area contributed by atoms with Gasteiger partial charge in [-0.15, -0.1) is 0 Å². The monoisotopic (exact) mass is 284 g/mol. The molecule has 3 atom stereocenters. The van der Waals surface area contributed by atoms with Crippen LogP contribution in [0.25, 0.3) is 0 Å². The largest absolute Gasteiger partial charge is 0.480 e. The molecule has 1 saturated heterocycles. The van der Waals surface area contributed by atoms with Crippen LogP contribution in [-0.2, 0) is 9.53 Å². The number of ether oxygens (including phenoxy) is 1. The number of nitrogens with one attached hydrogen (secondary N) is 1. The molecule has 1 saturated carbocycles. The van der Waals surface area contributed by atoms with Gasteiger partial charge in [0.1, 0.15) is 5.54 Å². The number of methoxy groups -OCH3 is 1. The van der Waals surface area contributed by atoms with Gasteiger partial charge in [0.15, 0.2) is 0 Å². The van der Waals surface area contributed by atoms with Crippen LogP contribution in [0.2, 0.25) is 0 Å². The number of carbonyl (C=O) groups is 1. The first-order valence-electron chi connectivity index (χ1n) is 7.82. The molecule has 116 valence electrons. The normalized spacial score (nSPS) is 35.3. The second-order valence-corrected chi connectivity index (χ2v) is 6.27. The van der Waals surface area contributed by atoms with Gasteiger partial charge in [0.05, 0.1) is 6.61 Å². The predicted molar refractivity (Wildman–Crippen MR) is 77.9 cm³/mol. The highest BCUT2D eigenvalue weighted by molar-refractivity contribution is 5.79. The van der Waals surface area contributed by atoms with Crippen molar-refractivity contribution in [3.8, 4) is 0 Å². The van der Waals surface area contributed by atoms with Gasteiger partial charge in [0.2, 0.25) is 0 Å². The summed E-state index contributed by atoms with van der Waals surface area (Å²) in [7, 11) is 1.76. The molecule has 3 unspecified atom stereocenters. The fourth-order valence-electron chi connectivity index (χ4n) is 3.90.